The maximum atomic E-state index is 13.7. The van der Waals surface area contributed by atoms with Gasteiger partial charge in [-0.3, -0.25) is 4.79 Å². The zero-order valence-electron chi connectivity index (χ0n) is 19.3. The Morgan fingerprint density at radius 1 is 1.15 bits per heavy atom. The number of fused-ring (bicyclic) bond motifs is 2. The van der Waals surface area contributed by atoms with E-state index in [-0.39, 0.29) is 18.6 Å². The zero-order chi connectivity index (χ0) is 23.4. The third kappa shape index (κ3) is 4.65. The van der Waals surface area contributed by atoms with Crippen molar-refractivity contribution in [2.24, 2.45) is 0 Å². The summed E-state index contributed by atoms with van der Waals surface area (Å²) >= 11 is 0. The van der Waals surface area contributed by atoms with E-state index >= 15 is 0 Å². The van der Waals surface area contributed by atoms with E-state index < -0.39 is 18.6 Å². The molecular weight excluding hydrogens is 428 g/mol. The van der Waals surface area contributed by atoms with Gasteiger partial charge in [-0.05, 0) is 44.6 Å². The lowest BCUT2D eigenvalue weighted by Gasteiger charge is -2.42. The summed E-state index contributed by atoms with van der Waals surface area (Å²) in [5.74, 6) is 0.637. The molecule has 0 aromatic heterocycles. The summed E-state index contributed by atoms with van der Waals surface area (Å²) < 4.78 is 28.7. The van der Waals surface area contributed by atoms with E-state index in [0.717, 1.165) is 32.1 Å². The monoisotopic (exact) mass is 460 g/mol. The van der Waals surface area contributed by atoms with Crippen molar-refractivity contribution in [1.29, 1.82) is 0 Å². The molecule has 0 radical (unpaired) electrons. The Labute approximate surface area is 194 Å². The van der Waals surface area contributed by atoms with Gasteiger partial charge in [0.05, 0.1) is 31.5 Å². The molecule has 0 aliphatic carbocycles. The highest BCUT2D eigenvalue weighted by Crippen LogP contribution is 2.42. The molecule has 3 aliphatic rings. The van der Waals surface area contributed by atoms with Crippen LogP contribution in [0.2, 0.25) is 0 Å². The minimum Gasteiger partial charge on any atom is -0.493 e. The van der Waals surface area contributed by atoms with Gasteiger partial charge in [-0.1, -0.05) is 12.7 Å². The summed E-state index contributed by atoms with van der Waals surface area (Å²) in [6.07, 6.45) is 4.86. The topological polar surface area (TPSA) is 86.8 Å². The van der Waals surface area contributed by atoms with E-state index in [4.69, 9.17) is 23.7 Å². The van der Waals surface area contributed by atoms with Crippen molar-refractivity contribution in [3.05, 3.63) is 30.4 Å². The van der Waals surface area contributed by atoms with E-state index in [0.29, 0.717) is 42.3 Å². The molecule has 0 spiro atoms. The summed E-state index contributed by atoms with van der Waals surface area (Å²) in [5, 5.41) is 0. The minimum atomic E-state index is -0.769. The van der Waals surface area contributed by atoms with Crippen molar-refractivity contribution in [2.75, 3.05) is 38.9 Å². The maximum absolute atomic E-state index is 13.7. The van der Waals surface area contributed by atoms with Crippen LogP contribution in [0.3, 0.4) is 0 Å². The normalized spacial score (nSPS) is 24.9. The van der Waals surface area contributed by atoms with Crippen LogP contribution >= 0.6 is 0 Å². The minimum absolute atomic E-state index is 0.0347. The summed E-state index contributed by atoms with van der Waals surface area (Å²) in [5.41, 5.74) is 0.702. The average Bonchev–Trinajstić information content (AvgIpc) is 2.95. The fraction of sp³-hybridized carbons (Fsp3) is 0.583. The number of anilines is 1. The number of carbonyl (C=O) groups is 2. The van der Waals surface area contributed by atoms with Crippen LogP contribution in [0, 0.1) is 0 Å². The number of carbonyl (C=O) groups excluding carboxylic acids is 2. The maximum Gasteiger partial charge on any atom is 0.416 e. The molecule has 0 bridgehead atoms. The largest absolute Gasteiger partial charge is 0.493 e. The van der Waals surface area contributed by atoms with Gasteiger partial charge in [0.15, 0.2) is 24.0 Å². The van der Waals surface area contributed by atoms with Crippen LogP contribution in [0.15, 0.2) is 24.8 Å². The number of nitrogens with zero attached hydrogens (tertiary/aromatic N) is 2. The Morgan fingerprint density at radius 2 is 1.91 bits per heavy atom. The van der Waals surface area contributed by atoms with Gasteiger partial charge in [0, 0.05) is 19.2 Å². The van der Waals surface area contributed by atoms with Gasteiger partial charge < -0.3 is 28.6 Å². The number of benzene rings is 1. The van der Waals surface area contributed by atoms with Crippen LogP contribution in [0.5, 0.6) is 11.5 Å². The Hall–Kier alpha value is -2.78. The Morgan fingerprint density at radius 3 is 2.61 bits per heavy atom. The van der Waals surface area contributed by atoms with Gasteiger partial charge in [0.1, 0.15) is 6.61 Å². The first kappa shape index (κ1) is 23.4. The van der Waals surface area contributed by atoms with Crippen molar-refractivity contribution in [2.45, 2.75) is 57.1 Å². The van der Waals surface area contributed by atoms with Crippen LogP contribution in [-0.4, -0.2) is 69.4 Å². The van der Waals surface area contributed by atoms with Gasteiger partial charge in [0.2, 0.25) is 0 Å². The van der Waals surface area contributed by atoms with Crippen LogP contribution in [-0.2, 0) is 14.2 Å². The smallest absolute Gasteiger partial charge is 0.416 e. The van der Waals surface area contributed by atoms with E-state index in [9.17, 15) is 9.59 Å². The van der Waals surface area contributed by atoms with Gasteiger partial charge in [-0.15, -0.1) is 0 Å². The standard InChI is InChI=1S/C24H32N2O7/c1-4-12-32-24(28)26-18-15-20(30-3)19(29-2)14-16(18)22(27)25-11-7-5-9-17(25)23(26)33-21-10-6-8-13-31-21/h4,14-15,17,21,23H,1,5-13H2,2-3H3/t17?,21?,23-/m0/s1. The molecule has 1 aromatic carbocycles. The Bertz CT molecular complexity index is 884. The van der Waals surface area contributed by atoms with E-state index in [1.54, 1.807) is 12.1 Å². The summed E-state index contributed by atoms with van der Waals surface area (Å²) in [7, 11) is 3.02. The fourth-order valence-electron chi connectivity index (χ4n) is 4.74. The second kappa shape index (κ2) is 10.4. The third-order valence-electron chi connectivity index (χ3n) is 6.34. The highest BCUT2D eigenvalue weighted by molar-refractivity contribution is 6.06. The van der Waals surface area contributed by atoms with Crippen LogP contribution in [0.4, 0.5) is 10.5 Å². The van der Waals surface area contributed by atoms with Crippen molar-refractivity contribution in [3.8, 4) is 11.5 Å². The molecule has 3 atom stereocenters. The number of hydrogen-bond acceptors (Lipinski definition) is 7. The number of piperidine rings is 1. The first-order valence-electron chi connectivity index (χ1n) is 11.5. The predicted octanol–water partition coefficient (Wildman–Crippen LogP) is 3.71. The molecule has 9 nitrogen and oxygen atoms in total. The highest BCUT2D eigenvalue weighted by Gasteiger charge is 2.46. The molecule has 2 fully saturated rings. The quantitative estimate of drug-likeness (QED) is 0.598. The molecule has 33 heavy (non-hydrogen) atoms. The molecule has 0 saturated carbocycles. The van der Waals surface area contributed by atoms with Gasteiger partial charge in [0.25, 0.3) is 5.91 Å². The average molecular weight is 461 g/mol. The van der Waals surface area contributed by atoms with E-state index in [1.165, 1.54) is 25.2 Å². The van der Waals surface area contributed by atoms with E-state index in [1.807, 2.05) is 4.90 Å². The second-order valence-electron chi connectivity index (χ2n) is 8.34. The molecule has 2 amide bonds. The summed E-state index contributed by atoms with van der Waals surface area (Å²) in [6.45, 7) is 4.86. The molecule has 2 unspecified atom stereocenters. The lowest BCUT2D eigenvalue weighted by atomic mass is 10.00. The van der Waals surface area contributed by atoms with Crippen LogP contribution in [0.25, 0.3) is 0 Å². The van der Waals surface area contributed by atoms with Gasteiger partial charge in [-0.2, -0.15) is 0 Å². The molecule has 2 saturated heterocycles. The second-order valence-corrected chi connectivity index (χ2v) is 8.34. The van der Waals surface area contributed by atoms with E-state index in [2.05, 4.69) is 6.58 Å². The van der Waals surface area contributed by atoms with Gasteiger partial charge >= 0.3 is 6.09 Å². The number of hydrogen-bond donors (Lipinski definition) is 0. The first-order valence-corrected chi connectivity index (χ1v) is 11.5. The Balaban J connectivity index is 1.85. The Kier molecular flexibility index (Phi) is 7.39. The van der Waals surface area contributed by atoms with Gasteiger partial charge in [-0.25, -0.2) is 9.69 Å². The van der Waals surface area contributed by atoms with Crippen molar-refractivity contribution < 1.29 is 33.3 Å². The summed E-state index contributed by atoms with van der Waals surface area (Å²) in [6, 6.07) is 2.92. The third-order valence-corrected chi connectivity index (χ3v) is 6.34. The predicted molar refractivity (Wildman–Crippen MR) is 121 cm³/mol. The molecule has 0 N–H and O–H groups in total. The lowest BCUT2D eigenvalue weighted by molar-refractivity contribution is -0.198. The van der Waals surface area contributed by atoms with Crippen molar-refractivity contribution in [3.63, 3.8) is 0 Å². The van der Waals surface area contributed by atoms with Crippen LogP contribution < -0.4 is 14.4 Å². The molecule has 4 rings (SSSR count). The van der Waals surface area contributed by atoms with Crippen molar-refractivity contribution in [1.82, 2.24) is 4.90 Å². The number of methoxy groups -OCH3 is 2. The SMILES string of the molecule is C=CCOC(=O)N1c2cc(OC)c(OC)cc2C(=O)N2CCCCC2[C@@H]1OC1CCCCO1. The van der Waals surface area contributed by atoms with Crippen LogP contribution in [0.1, 0.15) is 48.9 Å². The highest BCUT2D eigenvalue weighted by atomic mass is 16.7. The molecule has 1 aromatic rings. The zero-order valence-corrected chi connectivity index (χ0v) is 19.3. The molecule has 9 heteroatoms. The molecular formula is C24H32N2O7. The molecule has 180 valence electrons. The number of amides is 2. The molecule has 3 aliphatic heterocycles. The molecule has 3 heterocycles. The number of ether oxygens (including phenoxy) is 5. The van der Waals surface area contributed by atoms with Crippen molar-refractivity contribution >= 4 is 17.7 Å². The fourth-order valence-corrected chi connectivity index (χ4v) is 4.74. The number of rotatable bonds is 6. The lowest BCUT2D eigenvalue weighted by Crippen LogP contribution is -2.57. The summed E-state index contributed by atoms with van der Waals surface area (Å²) in [4.78, 5) is 30.3. The first-order chi connectivity index (χ1) is 16.1.